The molecule has 0 saturated carbocycles. The Morgan fingerprint density at radius 2 is 1.96 bits per heavy atom. The number of benzene rings is 1. The summed E-state index contributed by atoms with van der Waals surface area (Å²) in [7, 11) is 1.58. The van der Waals surface area contributed by atoms with Gasteiger partial charge in [0.1, 0.15) is 0 Å². The van der Waals surface area contributed by atoms with E-state index in [2.05, 4.69) is 48.3 Å². The summed E-state index contributed by atoms with van der Waals surface area (Å²) in [5.74, 6) is -0.00668. The van der Waals surface area contributed by atoms with Crippen molar-refractivity contribution in [3.05, 3.63) is 35.4 Å². The number of methoxy groups -OCH3 is 1. The van der Waals surface area contributed by atoms with Crippen molar-refractivity contribution in [2.24, 2.45) is 5.73 Å². The molecule has 25 heavy (non-hydrogen) atoms. The van der Waals surface area contributed by atoms with Gasteiger partial charge in [0.25, 0.3) is 0 Å². The van der Waals surface area contributed by atoms with Crippen LogP contribution in [0, 0.1) is 0 Å². The number of rotatable bonds is 7. The molecular formula is C18H31Cl2N3O2. The lowest BCUT2D eigenvalue weighted by molar-refractivity contribution is -0.124. The van der Waals surface area contributed by atoms with E-state index >= 15 is 0 Å². The Kier molecular flexibility index (Phi) is 10.6. The van der Waals surface area contributed by atoms with Gasteiger partial charge in [-0.1, -0.05) is 24.3 Å². The van der Waals surface area contributed by atoms with Gasteiger partial charge in [-0.2, -0.15) is 0 Å². The van der Waals surface area contributed by atoms with E-state index < -0.39 is 0 Å². The highest BCUT2D eigenvalue weighted by molar-refractivity contribution is 5.85. The topological polar surface area (TPSA) is 67.6 Å². The monoisotopic (exact) mass is 391 g/mol. The first-order valence-corrected chi connectivity index (χ1v) is 8.27. The minimum Gasteiger partial charge on any atom is -0.380 e. The van der Waals surface area contributed by atoms with E-state index in [0.29, 0.717) is 19.5 Å². The number of ether oxygens (including phenoxy) is 1. The van der Waals surface area contributed by atoms with Gasteiger partial charge in [0.15, 0.2) is 0 Å². The molecule has 3 N–H and O–H groups in total. The van der Waals surface area contributed by atoms with Crippen LogP contribution >= 0.6 is 24.8 Å². The molecule has 1 aliphatic heterocycles. The first-order chi connectivity index (χ1) is 11.0. The lowest BCUT2D eigenvalue weighted by atomic mass is 9.94. The van der Waals surface area contributed by atoms with E-state index in [1.165, 1.54) is 11.1 Å². The maximum Gasteiger partial charge on any atom is 0.222 e. The fourth-order valence-corrected chi connectivity index (χ4v) is 2.98. The van der Waals surface area contributed by atoms with Gasteiger partial charge in [-0.05, 0) is 31.4 Å². The molecule has 7 heteroatoms. The van der Waals surface area contributed by atoms with Crippen LogP contribution in [0.2, 0.25) is 0 Å². The Morgan fingerprint density at radius 3 is 2.56 bits per heavy atom. The molecule has 1 amide bonds. The van der Waals surface area contributed by atoms with Gasteiger partial charge in [-0.25, -0.2) is 0 Å². The molecule has 144 valence electrons. The van der Waals surface area contributed by atoms with Crippen LogP contribution in [0.5, 0.6) is 0 Å². The van der Waals surface area contributed by atoms with Gasteiger partial charge in [0.05, 0.1) is 12.5 Å². The highest BCUT2D eigenvalue weighted by Gasteiger charge is 2.30. The van der Waals surface area contributed by atoms with Gasteiger partial charge in [-0.15, -0.1) is 24.8 Å². The molecule has 1 aromatic carbocycles. The Bertz CT molecular complexity index is 537. The van der Waals surface area contributed by atoms with Crippen molar-refractivity contribution in [1.29, 1.82) is 0 Å². The van der Waals surface area contributed by atoms with E-state index in [4.69, 9.17) is 10.5 Å². The number of nitrogens with one attached hydrogen (secondary N) is 1. The third-order valence-electron chi connectivity index (χ3n) is 4.71. The van der Waals surface area contributed by atoms with E-state index in [9.17, 15) is 4.79 Å². The second-order valence-corrected chi connectivity index (χ2v) is 6.83. The number of hydrogen-bond acceptors (Lipinski definition) is 4. The summed E-state index contributed by atoms with van der Waals surface area (Å²) in [5, 5.41) is 3.03. The van der Waals surface area contributed by atoms with Crippen LogP contribution < -0.4 is 11.1 Å². The molecule has 0 fully saturated rings. The molecule has 0 saturated heterocycles. The van der Waals surface area contributed by atoms with Crippen LogP contribution in [0.4, 0.5) is 0 Å². The second-order valence-electron chi connectivity index (χ2n) is 6.83. The van der Waals surface area contributed by atoms with Crippen LogP contribution in [0.25, 0.3) is 0 Å². The highest BCUT2D eigenvalue weighted by Crippen LogP contribution is 2.24. The Hall–Kier alpha value is -0.850. The molecule has 0 bridgehead atoms. The lowest BCUT2D eigenvalue weighted by Gasteiger charge is -2.41. The number of halogens is 2. The Balaban J connectivity index is 0.00000288. The van der Waals surface area contributed by atoms with E-state index in [0.717, 1.165) is 19.5 Å². The van der Waals surface area contributed by atoms with Crippen molar-refractivity contribution in [1.82, 2.24) is 10.2 Å². The molecule has 1 unspecified atom stereocenters. The SMILES string of the molecule is COC(CN)CC(=O)NCC(C)(C)N1CCc2ccccc2C1.Cl.Cl. The zero-order valence-corrected chi connectivity index (χ0v) is 16.9. The van der Waals surface area contributed by atoms with Crippen molar-refractivity contribution in [3.63, 3.8) is 0 Å². The Labute approximate surface area is 163 Å². The van der Waals surface area contributed by atoms with Crippen molar-refractivity contribution < 1.29 is 9.53 Å². The fraction of sp³-hybridized carbons (Fsp3) is 0.611. The molecule has 1 aliphatic rings. The second kappa shape index (κ2) is 11.0. The average molecular weight is 392 g/mol. The molecular weight excluding hydrogens is 361 g/mol. The van der Waals surface area contributed by atoms with Crippen LogP contribution in [-0.2, 0) is 22.5 Å². The number of carbonyl (C=O) groups excluding carboxylic acids is 1. The maximum absolute atomic E-state index is 12.0. The van der Waals surface area contributed by atoms with Crippen molar-refractivity contribution in [3.8, 4) is 0 Å². The van der Waals surface area contributed by atoms with Crippen molar-refractivity contribution in [2.75, 3.05) is 26.7 Å². The standard InChI is InChI=1S/C18H29N3O2.2ClH/c1-18(2,13-20-17(22)10-16(11-19)23-3)21-9-8-14-6-4-5-7-15(14)12-21;;/h4-7,16H,8-13,19H2,1-3H3,(H,20,22);2*1H. The summed E-state index contributed by atoms with van der Waals surface area (Å²) in [6.45, 7) is 7.28. The van der Waals surface area contributed by atoms with Crippen molar-refractivity contribution in [2.45, 2.75) is 44.9 Å². The number of nitrogens with two attached hydrogens (primary N) is 1. The molecule has 1 heterocycles. The predicted molar refractivity (Wildman–Crippen MR) is 107 cm³/mol. The molecule has 5 nitrogen and oxygen atoms in total. The Morgan fingerprint density at radius 1 is 1.32 bits per heavy atom. The molecule has 2 rings (SSSR count). The van der Waals surface area contributed by atoms with E-state index in [1.54, 1.807) is 7.11 Å². The minimum absolute atomic E-state index is 0. The van der Waals surface area contributed by atoms with E-state index in [1.807, 2.05) is 0 Å². The largest absolute Gasteiger partial charge is 0.380 e. The molecule has 0 aliphatic carbocycles. The number of nitrogens with zero attached hydrogens (tertiary/aromatic N) is 1. The summed E-state index contributed by atoms with van der Waals surface area (Å²) in [5.41, 5.74) is 8.30. The first-order valence-electron chi connectivity index (χ1n) is 8.27. The summed E-state index contributed by atoms with van der Waals surface area (Å²) in [6.07, 6.45) is 1.17. The van der Waals surface area contributed by atoms with Crippen LogP contribution in [0.15, 0.2) is 24.3 Å². The van der Waals surface area contributed by atoms with Gasteiger partial charge in [0.2, 0.25) is 5.91 Å². The highest BCUT2D eigenvalue weighted by atomic mass is 35.5. The maximum atomic E-state index is 12.0. The fourth-order valence-electron chi connectivity index (χ4n) is 2.98. The average Bonchev–Trinajstić information content (AvgIpc) is 2.57. The minimum atomic E-state index is -0.208. The van der Waals surface area contributed by atoms with Crippen LogP contribution in [0.3, 0.4) is 0 Å². The summed E-state index contributed by atoms with van der Waals surface area (Å²) >= 11 is 0. The molecule has 0 aromatic heterocycles. The normalized spacial score (nSPS) is 15.4. The smallest absolute Gasteiger partial charge is 0.222 e. The third kappa shape index (κ3) is 6.76. The van der Waals surface area contributed by atoms with Crippen molar-refractivity contribution >= 4 is 30.7 Å². The van der Waals surface area contributed by atoms with Gasteiger partial charge in [-0.3, -0.25) is 9.69 Å². The first kappa shape index (κ1) is 24.1. The quantitative estimate of drug-likeness (QED) is 0.746. The molecule has 0 spiro atoms. The summed E-state index contributed by atoms with van der Waals surface area (Å²) in [4.78, 5) is 14.5. The zero-order chi connectivity index (χ0) is 16.9. The van der Waals surface area contributed by atoms with E-state index in [-0.39, 0.29) is 42.4 Å². The van der Waals surface area contributed by atoms with Gasteiger partial charge >= 0.3 is 0 Å². The summed E-state index contributed by atoms with van der Waals surface area (Å²) in [6, 6.07) is 8.60. The van der Waals surface area contributed by atoms with Gasteiger partial charge in [0, 0.05) is 38.8 Å². The number of amides is 1. The predicted octanol–water partition coefficient (Wildman–Crippen LogP) is 2.15. The van der Waals surface area contributed by atoms with Crippen LogP contribution in [-0.4, -0.2) is 49.2 Å². The lowest BCUT2D eigenvalue weighted by Crippen LogP contribution is -2.53. The van der Waals surface area contributed by atoms with Gasteiger partial charge < -0.3 is 15.8 Å². The molecule has 0 radical (unpaired) electrons. The third-order valence-corrected chi connectivity index (χ3v) is 4.71. The number of hydrogen-bond donors (Lipinski definition) is 2. The van der Waals surface area contributed by atoms with Crippen LogP contribution in [0.1, 0.15) is 31.4 Å². The number of carbonyl (C=O) groups is 1. The zero-order valence-electron chi connectivity index (χ0n) is 15.3. The molecule has 1 atom stereocenters. The molecule has 1 aromatic rings. The number of fused-ring (bicyclic) bond motifs is 1. The summed E-state index contributed by atoms with van der Waals surface area (Å²) < 4.78 is 5.16.